The number of H-pyrrole nitrogens is 1. The van der Waals surface area contributed by atoms with Crippen molar-refractivity contribution in [1.82, 2.24) is 9.88 Å². The molecule has 1 fully saturated rings. The number of aromatic nitrogens is 1. The fourth-order valence-corrected chi connectivity index (χ4v) is 5.44. The van der Waals surface area contributed by atoms with Crippen LogP contribution in [0.2, 0.25) is 0 Å². The molecule has 1 amide bonds. The Kier molecular flexibility index (Phi) is 6.85. The molecule has 3 heterocycles. The van der Waals surface area contributed by atoms with Crippen LogP contribution >= 0.6 is 0 Å². The Balaban J connectivity index is 1.25. The molecule has 0 spiro atoms. The van der Waals surface area contributed by atoms with E-state index in [0.29, 0.717) is 38.3 Å². The number of nitrogens with zero attached hydrogens (tertiary/aromatic N) is 1. The number of rotatable bonds is 6. The molecule has 0 saturated carbocycles. The van der Waals surface area contributed by atoms with E-state index in [0.717, 1.165) is 27.7 Å². The maximum Gasteiger partial charge on any atom is 0.416 e. The fraction of sp³-hybridized carbons (Fsp3) is 0.323. The number of aromatic amines is 1. The predicted octanol–water partition coefficient (Wildman–Crippen LogP) is 6.08. The summed E-state index contributed by atoms with van der Waals surface area (Å²) in [6.45, 7) is 5.23. The smallest absolute Gasteiger partial charge is 0.416 e. The highest BCUT2D eigenvalue weighted by atomic mass is 19.1. The van der Waals surface area contributed by atoms with Crippen molar-refractivity contribution < 1.29 is 33.2 Å². The minimum atomic E-state index is -0.559. The number of fused-ring (bicyclic) bond motifs is 3. The second-order valence-electron chi connectivity index (χ2n) is 10.6. The molecule has 208 valence electrons. The van der Waals surface area contributed by atoms with Crippen molar-refractivity contribution in [2.75, 3.05) is 19.8 Å². The topological polar surface area (TPSA) is 93.3 Å². The van der Waals surface area contributed by atoms with Gasteiger partial charge in [0.2, 0.25) is 0 Å². The third-order valence-electron chi connectivity index (χ3n) is 7.34. The van der Waals surface area contributed by atoms with E-state index in [1.807, 2.05) is 44.2 Å². The number of aromatic hydroxyl groups is 1. The van der Waals surface area contributed by atoms with Gasteiger partial charge in [-0.05, 0) is 86.0 Å². The number of benzene rings is 3. The first-order valence-electron chi connectivity index (χ1n) is 13.4. The van der Waals surface area contributed by atoms with Crippen molar-refractivity contribution >= 4 is 17.0 Å². The highest BCUT2D eigenvalue weighted by molar-refractivity contribution is 5.87. The van der Waals surface area contributed by atoms with Crippen molar-refractivity contribution in [2.45, 2.75) is 44.6 Å². The molecule has 2 atom stereocenters. The maximum atomic E-state index is 13.4. The van der Waals surface area contributed by atoms with Gasteiger partial charge in [0.1, 0.15) is 29.1 Å². The van der Waals surface area contributed by atoms with Gasteiger partial charge in [-0.25, -0.2) is 9.18 Å². The highest BCUT2D eigenvalue weighted by Gasteiger charge is 2.36. The van der Waals surface area contributed by atoms with Gasteiger partial charge in [0, 0.05) is 29.6 Å². The number of hydrogen-bond acceptors (Lipinski definition) is 6. The molecule has 1 unspecified atom stereocenters. The first kappa shape index (κ1) is 26.2. The molecule has 0 radical (unpaired) electrons. The highest BCUT2D eigenvalue weighted by Crippen LogP contribution is 2.40. The van der Waals surface area contributed by atoms with E-state index in [-0.39, 0.29) is 17.6 Å². The number of hydrogen-bond donors (Lipinski definition) is 2. The summed E-state index contributed by atoms with van der Waals surface area (Å²) in [5.74, 6) is 0.192. The van der Waals surface area contributed by atoms with Crippen LogP contribution in [0.25, 0.3) is 10.9 Å². The summed E-state index contributed by atoms with van der Waals surface area (Å²) in [5, 5.41) is 11.0. The molecule has 1 saturated heterocycles. The van der Waals surface area contributed by atoms with Crippen molar-refractivity contribution in [3.05, 3.63) is 89.4 Å². The predicted molar refractivity (Wildman–Crippen MR) is 146 cm³/mol. The third-order valence-corrected chi connectivity index (χ3v) is 7.34. The van der Waals surface area contributed by atoms with E-state index in [1.165, 1.54) is 24.3 Å². The Morgan fingerprint density at radius 3 is 2.58 bits per heavy atom. The van der Waals surface area contributed by atoms with Crippen LogP contribution in [-0.4, -0.2) is 52.7 Å². The second kappa shape index (κ2) is 10.5. The van der Waals surface area contributed by atoms with Gasteiger partial charge in [-0.1, -0.05) is 12.1 Å². The van der Waals surface area contributed by atoms with Gasteiger partial charge < -0.3 is 29.0 Å². The Morgan fingerprint density at radius 1 is 1.10 bits per heavy atom. The maximum absolute atomic E-state index is 13.4. The molecule has 0 aliphatic carbocycles. The summed E-state index contributed by atoms with van der Waals surface area (Å²) in [5.41, 5.74) is 3.65. The monoisotopic (exact) mass is 546 g/mol. The second-order valence-corrected chi connectivity index (χ2v) is 10.6. The zero-order chi connectivity index (χ0) is 27.9. The van der Waals surface area contributed by atoms with Crippen molar-refractivity contribution in [1.29, 1.82) is 0 Å². The number of halogens is 1. The molecular weight excluding hydrogens is 515 g/mol. The molecule has 1 aromatic heterocycles. The molecule has 2 aliphatic rings. The lowest BCUT2D eigenvalue weighted by molar-refractivity contribution is -0.139. The summed E-state index contributed by atoms with van der Waals surface area (Å²) in [7, 11) is 0. The normalized spacial score (nSPS) is 19.9. The van der Waals surface area contributed by atoms with E-state index in [1.54, 1.807) is 17.0 Å². The Hall–Kier alpha value is -4.08. The summed E-state index contributed by atoms with van der Waals surface area (Å²) in [4.78, 5) is 18.5. The average molecular weight is 547 g/mol. The molecule has 40 heavy (non-hydrogen) atoms. The van der Waals surface area contributed by atoms with Crippen LogP contribution in [0.15, 0.2) is 66.7 Å². The average Bonchev–Trinajstić information content (AvgIpc) is 3.48. The molecular formula is C31H31FN2O6. The first-order valence-corrected chi connectivity index (χ1v) is 13.4. The van der Waals surface area contributed by atoms with Crippen LogP contribution in [0.1, 0.15) is 43.1 Å². The minimum Gasteiger partial charge on any atom is -0.508 e. The van der Waals surface area contributed by atoms with Crippen molar-refractivity contribution in [3.63, 3.8) is 0 Å². The molecule has 8 nitrogen and oxygen atoms in total. The van der Waals surface area contributed by atoms with Crippen LogP contribution in [0.5, 0.6) is 17.2 Å². The largest absolute Gasteiger partial charge is 0.508 e. The van der Waals surface area contributed by atoms with Crippen LogP contribution < -0.4 is 9.47 Å². The molecule has 0 bridgehead atoms. The first-order chi connectivity index (χ1) is 19.3. The van der Waals surface area contributed by atoms with Gasteiger partial charge >= 0.3 is 6.09 Å². The SMILES string of the molecule is CC1(C)OC[C@H](CCOc2ccc(C3c4[nH]c5ccc(O)cc5c4CCN3C(=O)Oc3ccc(F)cc3)cc2)O1. The number of ether oxygens (including phenoxy) is 4. The van der Waals surface area contributed by atoms with Crippen LogP contribution in [0, 0.1) is 5.82 Å². The van der Waals surface area contributed by atoms with E-state index in [9.17, 15) is 14.3 Å². The lowest BCUT2D eigenvalue weighted by atomic mass is 9.92. The number of carbonyl (C=O) groups is 1. The van der Waals surface area contributed by atoms with Crippen LogP contribution in [0.3, 0.4) is 0 Å². The van der Waals surface area contributed by atoms with E-state index >= 15 is 0 Å². The zero-order valence-electron chi connectivity index (χ0n) is 22.4. The zero-order valence-corrected chi connectivity index (χ0v) is 22.4. The molecule has 2 N–H and O–H groups in total. The van der Waals surface area contributed by atoms with E-state index in [4.69, 9.17) is 18.9 Å². The van der Waals surface area contributed by atoms with Gasteiger partial charge in [0.15, 0.2) is 5.79 Å². The lowest BCUT2D eigenvalue weighted by Crippen LogP contribution is -2.42. The number of nitrogens with one attached hydrogen (secondary N) is 1. The molecule has 3 aromatic carbocycles. The fourth-order valence-electron chi connectivity index (χ4n) is 5.44. The minimum absolute atomic E-state index is 0.00272. The summed E-state index contributed by atoms with van der Waals surface area (Å²) >= 11 is 0. The van der Waals surface area contributed by atoms with Crippen LogP contribution in [0.4, 0.5) is 9.18 Å². The Bertz CT molecular complexity index is 1520. The number of carbonyl (C=O) groups excluding carboxylic acids is 1. The van der Waals surface area contributed by atoms with Crippen molar-refractivity contribution in [2.24, 2.45) is 0 Å². The molecule has 4 aromatic rings. The molecule has 2 aliphatic heterocycles. The van der Waals surface area contributed by atoms with Gasteiger partial charge in [-0.2, -0.15) is 0 Å². The quantitative estimate of drug-likeness (QED) is 0.305. The Morgan fingerprint density at radius 2 is 1.85 bits per heavy atom. The summed E-state index contributed by atoms with van der Waals surface area (Å²) in [6, 6.07) is 17.8. The van der Waals surface area contributed by atoms with E-state index < -0.39 is 23.7 Å². The summed E-state index contributed by atoms with van der Waals surface area (Å²) < 4.78 is 36.4. The van der Waals surface area contributed by atoms with Gasteiger partial charge in [0.25, 0.3) is 0 Å². The van der Waals surface area contributed by atoms with Crippen molar-refractivity contribution in [3.8, 4) is 17.2 Å². The Labute approximate surface area is 231 Å². The number of amides is 1. The van der Waals surface area contributed by atoms with E-state index in [2.05, 4.69) is 4.98 Å². The van der Waals surface area contributed by atoms with Gasteiger partial charge in [0.05, 0.1) is 19.3 Å². The number of phenols is 1. The molecule has 9 heteroatoms. The van der Waals surface area contributed by atoms with Gasteiger partial charge in [-0.3, -0.25) is 4.90 Å². The van der Waals surface area contributed by atoms with Gasteiger partial charge in [-0.15, -0.1) is 0 Å². The summed E-state index contributed by atoms with van der Waals surface area (Å²) in [6.07, 6.45) is 0.753. The molecule has 6 rings (SSSR count). The standard InChI is InChI=1S/C31H31FN2O6/c1-31(2)38-18-24(40-31)14-16-37-22-8-3-19(4-9-22)29-28-25(26-17-21(35)7-12-27(26)33-28)13-15-34(29)30(36)39-23-10-5-20(32)6-11-23/h3-12,17,24,29,33,35H,13-16,18H2,1-2H3/t24-,29?/m0/s1. The van der Waals surface area contributed by atoms with Crippen LogP contribution in [-0.2, 0) is 15.9 Å². The third kappa shape index (κ3) is 5.35. The lowest BCUT2D eigenvalue weighted by Gasteiger charge is -2.35. The number of phenolic OH excluding ortho intramolecular Hbond substituents is 1.